The van der Waals surface area contributed by atoms with Crippen LogP contribution in [0.2, 0.25) is 0 Å². The molecule has 0 amide bonds. The molecule has 0 fully saturated rings. The largest absolute Gasteiger partial charge is 0.495 e. The van der Waals surface area contributed by atoms with Crippen LogP contribution in [0.4, 0.5) is 22.7 Å². The molecule has 6 aliphatic rings. The van der Waals surface area contributed by atoms with Crippen LogP contribution in [-0.2, 0) is 15.6 Å². The molecule has 5 atom stereocenters. The van der Waals surface area contributed by atoms with Gasteiger partial charge in [0.15, 0.2) is 0 Å². The maximum absolute atomic E-state index is 6.65. The Bertz CT molecular complexity index is 4300. The van der Waals surface area contributed by atoms with Crippen molar-refractivity contribution in [2.75, 3.05) is 9.80 Å². The molecule has 5 unspecified atom stereocenters. The van der Waals surface area contributed by atoms with Crippen molar-refractivity contribution < 1.29 is 4.74 Å². The normalized spacial score (nSPS) is 20.0. The molecule has 3 heteroatoms. The van der Waals surface area contributed by atoms with E-state index < -0.39 is 0 Å². The number of anilines is 4. The summed E-state index contributed by atoms with van der Waals surface area (Å²) in [6.07, 6.45) is 34.7. The van der Waals surface area contributed by atoms with E-state index in [9.17, 15) is 0 Å². The minimum atomic E-state index is -0.367. The van der Waals surface area contributed by atoms with Crippen molar-refractivity contribution in [1.82, 2.24) is 0 Å². The van der Waals surface area contributed by atoms with Crippen molar-refractivity contribution in [3.05, 3.63) is 336 Å². The van der Waals surface area contributed by atoms with E-state index in [-0.39, 0.29) is 22.9 Å². The van der Waals surface area contributed by atoms with Gasteiger partial charge in [0.2, 0.25) is 0 Å². The molecule has 452 valence electrons. The second kappa shape index (κ2) is 25.1. The molecular weight excluding hydrogens is 1100 g/mol. The standard InChI is InChI=1S/C88H84N2O/c1-8-61-22-28-64(29-23-61)66-36-48-76(49-37-66)90-85-54-40-70(68-30-24-62(9-2)25-31-68)57-81(85)82-58-71(41-55-86(82)90)69-38-46-75(47-39-69)89(74-44-34-67(35-45-74)65-32-42-72(43-33-65)87(5,6)7)77-50-53-80-79-20-14-15-21-83(79)88(84(80)59-77,73-18-12-11-13-19-73)56-16-17-60(4)91-78-51-26-63(10-3)27-52-78/h8-15,18-24,26,28-38,41-46,48-51,53-55,58-60,62,70,81H,1-3,16-17,25,27,39-40,47,52,56-57H2,4-7H3. The summed E-state index contributed by atoms with van der Waals surface area (Å²) in [7, 11) is 0. The van der Waals surface area contributed by atoms with Gasteiger partial charge < -0.3 is 14.5 Å². The van der Waals surface area contributed by atoms with Crippen molar-refractivity contribution in [2.45, 2.75) is 115 Å². The van der Waals surface area contributed by atoms with E-state index in [1.807, 2.05) is 12.2 Å². The summed E-state index contributed by atoms with van der Waals surface area (Å²) in [6.45, 7) is 21.2. The van der Waals surface area contributed by atoms with Crippen LogP contribution in [0.15, 0.2) is 297 Å². The molecule has 0 spiro atoms. The lowest BCUT2D eigenvalue weighted by Crippen LogP contribution is -2.28. The Balaban J connectivity index is 0.829. The zero-order valence-corrected chi connectivity index (χ0v) is 53.6. The first-order valence-electron chi connectivity index (χ1n) is 33.3. The molecule has 1 aliphatic heterocycles. The van der Waals surface area contributed by atoms with E-state index in [1.54, 1.807) is 0 Å². The summed E-state index contributed by atoms with van der Waals surface area (Å²) in [6, 6.07) is 71.6. The average molecular weight is 1190 g/mol. The van der Waals surface area contributed by atoms with Gasteiger partial charge in [-0.15, -0.1) is 6.58 Å². The third kappa shape index (κ3) is 11.5. The summed E-state index contributed by atoms with van der Waals surface area (Å²) in [5.41, 5.74) is 28.2. The van der Waals surface area contributed by atoms with E-state index in [0.717, 1.165) is 81.2 Å². The number of benzene rings is 8. The van der Waals surface area contributed by atoms with E-state index in [0.29, 0.717) is 11.8 Å². The van der Waals surface area contributed by atoms with Crippen LogP contribution in [-0.4, -0.2) is 6.10 Å². The highest BCUT2D eigenvalue weighted by Gasteiger charge is 2.45. The average Bonchev–Trinajstić information content (AvgIpc) is 1.57. The molecule has 0 saturated heterocycles. The zero-order valence-electron chi connectivity index (χ0n) is 53.6. The molecular formula is C88H84N2O. The lowest BCUT2D eigenvalue weighted by atomic mass is 9.69. The number of allylic oxidation sites excluding steroid dienone is 16. The van der Waals surface area contributed by atoms with Crippen molar-refractivity contribution in [3.63, 3.8) is 0 Å². The van der Waals surface area contributed by atoms with E-state index in [1.165, 1.54) is 112 Å². The Morgan fingerprint density at radius 3 is 1.99 bits per heavy atom. The van der Waals surface area contributed by atoms with E-state index >= 15 is 0 Å². The molecule has 8 aromatic carbocycles. The lowest BCUT2D eigenvalue weighted by Gasteiger charge is -2.35. The van der Waals surface area contributed by atoms with Gasteiger partial charge in [0.05, 0.1) is 11.9 Å². The molecule has 1 heterocycles. The van der Waals surface area contributed by atoms with Gasteiger partial charge in [-0.1, -0.05) is 228 Å². The third-order valence-electron chi connectivity index (χ3n) is 20.5. The molecule has 3 nitrogen and oxygen atoms in total. The molecule has 8 aromatic rings. The van der Waals surface area contributed by atoms with Crippen LogP contribution in [0, 0.1) is 11.8 Å². The summed E-state index contributed by atoms with van der Waals surface area (Å²) in [5.74, 6) is 2.23. The third-order valence-corrected chi connectivity index (χ3v) is 20.5. The minimum Gasteiger partial charge on any atom is -0.495 e. The number of hydrogen-bond acceptors (Lipinski definition) is 3. The maximum atomic E-state index is 6.65. The molecule has 5 aliphatic carbocycles. The van der Waals surface area contributed by atoms with Gasteiger partial charge in [-0.05, 0) is 232 Å². The predicted molar refractivity (Wildman–Crippen MR) is 386 cm³/mol. The van der Waals surface area contributed by atoms with Crippen molar-refractivity contribution in [1.29, 1.82) is 0 Å². The highest BCUT2D eigenvalue weighted by atomic mass is 16.5. The monoisotopic (exact) mass is 1180 g/mol. The van der Waals surface area contributed by atoms with Gasteiger partial charge >= 0.3 is 0 Å². The second-order valence-corrected chi connectivity index (χ2v) is 27.0. The molecule has 0 aromatic heterocycles. The van der Waals surface area contributed by atoms with E-state index in [2.05, 4.69) is 300 Å². The Labute approximate surface area is 541 Å². The van der Waals surface area contributed by atoms with Gasteiger partial charge in [-0.3, -0.25) is 0 Å². The molecule has 0 radical (unpaired) electrons. The first-order chi connectivity index (χ1) is 44.5. The van der Waals surface area contributed by atoms with Crippen LogP contribution < -0.4 is 9.80 Å². The van der Waals surface area contributed by atoms with Gasteiger partial charge in [0.25, 0.3) is 0 Å². The fourth-order valence-corrected chi connectivity index (χ4v) is 15.4. The molecule has 0 saturated carbocycles. The number of nitrogens with zero attached hydrogens (tertiary/aromatic N) is 2. The van der Waals surface area contributed by atoms with E-state index in [4.69, 9.17) is 4.74 Å². The van der Waals surface area contributed by atoms with Gasteiger partial charge in [0, 0.05) is 51.9 Å². The van der Waals surface area contributed by atoms with Crippen molar-refractivity contribution in [3.8, 4) is 33.4 Å². The Morgan fingerprint density at radius 2 is 1.32 bits per heavy atom. The SMILES string of the molecule is C=CC1=CC=C(OC(C)CCCC2(c3ccccc3)c3ccccc3-c3ccc(N(C4=CC=C(c5ccc6c(c5)C5CC(C7=CCC(C=C)C=C7)CC=C5N6c5ccc(-c6ccc(C=C)cc6)cc5)CC4)c4ccc(-c5ccc(C(C)(C)C)cc5)cc4)cc32)CC1. The summed E-state index contributed by atoms with van der Waals surface area (Å²) >= 11 is 0. The fraction of sp³-hybridized carbons (Fsp3) is 0.227. The Morgan fingerprint density at radius 1 is 0.626 bits per heavy atom. The summed E-state index contributed by atoms with van der Waals surface area (Å²) in [4.78, 5) is 5.12. The topological polar surface area (TPSA) is 15.7 Å². The number of rotatable bonds is 18. The number of fused-ring (bicyclic) bond motifs is 6. The smallest absolute Gasteiger partial charge is 0.0967 e. The molecule has 0 N–H and O–H groups in total. The summed E-state index contributed by atoms with van der Waals surface area (Å²) < 4.78 is 6.65. The van der Waals surface area contributed by atoms with Crippen molar-refractivity contribution in [2.24, 2.45) is 11.8 Å². The Hall–Kier alpha value is -9.44. The predicted octanol–water partition coefficient (Wildman–Crippen LogP) is 23.8. The first kappa shape index (κ1) is 59.2. The van der Waals surface area contributed by atoms with Crippen molar-refractivity contribution >= 4 is 34.4 Å². The highest BCUT2D eigenvalue weighted by Crippen LogP contribution is 2.58. The van der Waals surface area contributed by atoms with Crippen LogP contribution in [0.1, 0.15) is 137 Å². The number of hydrogen-bond donors (Lipinski definition) is 0. The molecule has 14 rings (SSSR count). The second-order valence-electron chi connectivity index (χ2n) is 27.0. The lowest BCUT2D eigenvalue weighted by molar-refractivity contribution is 0.113. The van der Waals surface area contributed by atoms with Gasteiger partial charge in [-0.2, -0.15) is 0 Å². The van der Waals surface area contributed by atoms with Crippen LogP contribution in [0.25, 0.3) is 45.0 Å². The molecule has 91 heavy (non-hydrogen) atoms. The number of ether oxygens (including phenoxy) is 1. The van der Waals surface area contributed by atoms with Gasteiger partial charge in [0.1, 0.15) is 0 Å². The highest BCUT2D eigenvalue weighted by molar-refractivity contribution is 5.88. The van der Waals surface area contributed by atoms with Crippen LogP contribution in [0.3, 0.4) is 0 Å². The summed E-state index contributed by atoms with van der Waals surface area (Å²) in [5, 5.41) is 0. The molecule has 0 bridgehead atoms. The quantitative estimate of drug-likeness (QED) is 0.0797. The van der Waals surface area contributed by atoms with Crippen LogP contribution >= 0.6 is 0 Å². The Kier molecular flexibility index (Phi) is 16.3. The first-order valence-corrected chi connectivity index (χ1v) is 33.3. The maximum Gasteiger partial charge on any atom is 0.0967 e. The fourth-order valence-electron chi connectivity index (χ4n) is 15.4. The zero-order chi connectivity index (χ0) is 62.2. The van der Waals surface area contributed by atoms with Crippen LogP contribution in [0.5, 0.6) is 0 Å². The van der Waals surface area contributed by atoms with Gasteiger partial charge in [-0.25, -0.2) is 0 Å². The minimum absolute atomic E-state index is 0.0879.